The molecule has 1 saturated heterocycles. The summed E-state index contributed by atoms with van der Waals surface area (Å²) in [6.45, 7) is 3.23. The number of rotatable bonds is 5. The second kappa shape index (κ2) is 13.0. The molecule has 0 atom stereocenters. The van der Waals surface area contributed by atoms with Gasteiger partial charge in [0.25, 0.3) is 0 Å². The second-order valence-corrected chi connectivity index (χ2v) is 4.52. The zero-order valence-electron chi connectivity index (χ0n) is 12.7. The first-order chi connectivity index (χ1) is 10.9. The van der Waals surface area contributed by atoms with E-state index < -0.39 is 0 Å². The predicted molar refractivity (Wildman–Crippen MR) is 86.4 cm³/mol. The van der Waals surface area contributed by atoms with E-state index in [1.165, 1.54) is 0 Å². The Morgan fingerprint density at radius 2 is 1.32 bits per heavy atom. The van der Waals surface area contributed by atoms with E-state index in [9.17, 15) is 0 Å². The van der Waals surface area contributed by atoms with E-state index in [0.29, 0.717) is 13.2 Å². The van der Waals surface area contributed by atoms with Crippen LogP contribution in [0.2, 0.25) is 0 Å². The van der Waals surface area contributed by atoms with Gasteiger partial charge in [-0.3, -0.25) is 0 Å². The second-order valence-electron chi connectivity index (χ2n) is 4.52. The zero-order valence-corrected chi connectivity index (χ0v) is 12.7. The van der Waals surface area contributed by atoms with Crippen LogP contribution >= 0.6 is 0 Å². The van der Waals surface area contributed by atoms with Crippen LogP contribution in [0.4, 0.5) is 0 Å². The van der Waals surface area contributed by atoms with Crippen LogP contribution in [0, 0.1) is 0 Å². The van der Waals surface area contributed by atoms with Gasteiger partial charge in [-0.05, 0) is 11.1 Å². The van der Waals surface area contributed by atoms with Crippen molar-refractivity contribution < 1.29 is 19.7 Å². The van der Waals surface area contributed by atoms with Crippen LogP contribution in [0.1, 0.15) is 11.1 Å². The summed E-state index contributed by atoms with van der Waals surface area (Å²) in [4.78, 5) is 0. The first kappa shape index (κ1) is 18.3. The molecule has 4 heteroatoms. The number of aliphatic hydroxyl groups excluding tert-OH is 2. The summed E-state index contributed by atoms with van der Waals surface area (Å²) in [7, 11) is 0. The van der Waals surface area contributed by atoms with E-state index in [2.05, 4.69) is 4.74 Å². The van der Waals surface area contributed by atoms with Crippen LogP contribution < -0.4 is 0 Å². The summed E-state index contributed by atoms with van der Waals surface area (Å²) in [6, 6.07) is 19.4. The SMILES string of the molecule is C1CO1.OCCOCc1ccccc1.OCc1ccccc1. The highest BCUT2D eigenvalue weighted by molar-refractivity contribution is 5.13. The van der Waals surface area contributed by atoms with Gasteiger partial charge in [-0.2, -0.15) is 0 Å². The lowest BCUT2D eigenvalue weighted by molar-refractivity contribution is 0.0815. The van der Waals surface area contributed by atoms with Gasteiger partial charge in [-0.15, -0.1) is 0 Å². The molecule has 22 heavy (non-hydrogen) atoms. The number of hydrogen-bond acceptors (Lipinski definition) is 4. The highest BCUT2D eigenvalue weighted by atomic mass is 16.6. The van der Waals surface area contributed by atoms with E-state index >= 15 is 0 Å². The largest absolute Gasteiger partial charge is 0.394 e. The molecule has 1 heterocycles. The third kappa shape index (κ3) is 11.0. The molecule has 0 saturated carbocycles. The highest BCUT2D eigenvalue weighted by Gasteiger charge is 1.94. The number of hydrogen-bond donors (Lipinski definition) is 2. The van der Waals surface area contributed by atoms with Crippen LogP contribution in [-0.4, -0.2) is 36.6 Å². The lowest BCUT2D eigenvalue weighted by Gasteiger charge is -2.00. The third-order valence-corrected chi connectivity index (χ3v) is 2.58. The van der Waals surface area contributed by atoms with Gasteiger partial charge in [-0.25, -0.2) is 0 Å². The molecule has 0 aromatic heterocycles. The van der Waals surface area contributed by atoms with Crippen LogP contribution in [0.5, 0.6) is 0 Å². The monoisotopic (exact) mass is 304 g/mol. The van der Waals surface area contributed by atoms with Gasteiger partial charge in [0.15, 0.2) is 0 Å². The van der Waals surface area contributed by atoms with Crippen LogP contribution in [0.25, 0.3) is 0 Å². The molecule has 0 unspecified atom stereocenters. The van der Waals surface area contributed by atoms with Crippen molar-refractivity contribution in [3.63, 3.8) is 0 Å². The lowest BCUT2D eigenvalue weighted by Crippen LogP contribution is -1.98. The van der Waals surface area contributed by atoms with Gasteiger partial charge in [-0.1, -0.05) is 60.7 Å². The Hall–Kier alpha value is -1.72. The molecule has 4 nitrogen and oxygen atoms in total. The molecule has 2 aromatic rings. The number of aliphatic hydroxyl groups is 2. The van der Waals surface area contributed by atoms with Crippen molar-refractivity contribution in [2.24, 2.45) is 0 Å². The molecule has 2 N–H and O–H groups in total. The van der Waals surface area contributed by atoms with E-state index in [0.717, 1.165) is 24.3 Å². The van der Waals surface area contributed by atoms with E-state index in [-0.39, 0.29) is 13.2 Å². The predicted octanol–water partition coefficient (Wildman–Crippen LogP) is 2.39. The minimum absolute atomic E-state index is 0.0901. The van der Waals surface area contributed by atoms with Crippen molar-refractivity contribution in [2.45, 2.75) is 13.2 Å². The first-order valence-corrected chi connectivity index (χ1v) is 7.32. The quantitative estimate of drug-likeness (QED) is 0.658. The Morgan fingerprint density at radius 1 is 0.818 bits per heavy atom. The summed E-state index contributed by atoms with van der Waals surface area (Å²) in [5, 5.41) is 17.0. The fourth-order valence-electron chi connectivity index (χ4n) is 1.41. The minimum Gasteiger partial charge on any atom is -0.394 e. The molecule has 3 rings (SSSR count). The summed E-state index contributed by atoms with van der Waals surface area (Å²) in [5.74, 6) is 0. The fourth-order valence-corrected chi connectivity index (χ4v) is 1.41. The maximum absolute atomic E-state index is 8.54. The van der Waals surface area contributed by atoms with Crippen LogP contribution in [-0.2, 0) is 22.7 Å². The van der Waals surface area contributed by atoms with Crippen molar-refractivity contribution >= 4 is 0 Å². The van der Waals surface area contributed by atoms with E-state index in [1.54, 1.807) is 0 Å². The molecule has 1 aliphatic heterocycles. The standard InChI is InChI=1S/C9H12O2.C7H8O.C2H4O/c10-6-7-11-8-9-4-2-1-3-5-9;8-6-7-4-2-1-3-5-7;1-2-3-1/h1-5,10H,6-8H2;1-5,8H,6H2;1-2H2. The van der Waals surface area contributed by atoms with Crippen molar-refractivity contribution in [2.75, 3.05) is 26.4 Å². The summed E-state index contributed by atoms with van der Waals surface area (Å²) < 4.78 is 9.62. The Kier molecular flexibility index (Phi) is 10.8. The molecule has 0 bridgehead atoms. The highest BCUT2D eigenvalue weighted by Crippen LogP contribution is 1.99. The molecule has 0 radical (unpaired) electrons. The van der Waals surface area contributed by atoms with Gasteiger partial charge in [0.05, 0.1) is 39.6 Å². The van der Waals surface area contributed by atoms with Crippen molar-refractivity contribution in [1.82, 2.24) is 0 Å². The van der Waals surface area contributed by atoms with Gasteiger partial charge in [0.1, 0.15) is 0 Å². The van der Waals surface area contributed by atoms with Crippen LogP contribution in [0.3, 0.4) is 0 Å². The maximum atomic E-state index is 8.54. The Labute approximate surface area is 131 Å². The molecular formula is C18H24O4. The van der Waals surface area contributed by atoms with Gasteiger partial charge < -0.3 is 19.7 Å². The number of epoxide rings is 1. The summed E-state index contributed by atoms with van der Waals surface area (Å²) in [6.07, 6.45) is 0. The van der Waals surface area contributed by atoms with Gasteiger partial charge in [0, 0.05) is 0 Å². The summed E-state index contributed by atoms with van der Waals surface area (Å²) in [5.41, 5.74) is 2.11. The smallest absolute Gasteiger partial charge is 0.0718 e. The van der Waals surface area contributed by atoms with E-state index in [4.69, 9.17) is 14.9 Å². The third-order valence-electron chi connectivity index (χ3n) is 2.58. The maximum Gasteiger partial charge on any atom is 0.0718 e. The average Bonchev–Trinajstić information content (AvgIpc) is 3.46. The van der Waals surface area contributed by atoms with Crippen molar-refractivity contribution in [3.05, 3.63) is 71.8 Å². The Balaban J connectivity index is 0.000000190. The molecule has 120 valence electrons. The van der Waals surface area contributed by atoms with Gasteiger partial charge in [0.2, 0.25) is 0 Å². The molecule has 1 aliphatic rings. The van der Waals surface area contributed by atoms with E-state index in [1.807, 2.05) is 60.7 Å². The summed E-state index contributed by atoms with van der Waals surface area (Å²) >= 11 is 0. The van der Waals surface area contributed by atoms with Crippen molar-refractivity contribution in [1.29, 1.82) is 0 Å². The zero-order chi connectivity index (χ0) is 15.9. The number of benzene rings is 2. The Bertz CT molecular complexity index is 454. The molecule has 1 fully saturated rings. The van der Waals surface area contributed by atoms with Gasteiger partial charge >= 0.3 is 0 Å². The molecule has 0 aliphatic carbocycles. The molecule has 2 aromatic carbocycles. The Morgan fingerprint density at radius 3 is 1.68 bits per heavy atom. The molecule has 0 amide bonds. The number of ether oxygens (including phenoxy) is 2. The topological polar surface area (TPSA) is 62.2 Å². The lowest BCUT2D eigenvalue weighted by atomic mass is 10.2. The first-order valence-electron chi connectivity index (χ1n) is 7.32. The molecule has 0 spiro atoms. The average molecular weight is 304 g/mol. The normalized spacial score (nSPS) is 11.5. The molecular weight excluding hydrogens is 280 g/mol. The van der Waals surface area contributed by atoms with Crippen LogP contribution in [0.15, 0.2) is 60.7 Å². The fraction of sp³-hybridized carbons (Fsp3) is 0.333. The minimum atomic E-state index is 0.0901. The van der Waals surface area contributed by atoms with Crippen molar-refractivity contribution in [3.8, 4) is 0 Å².